The zero-order valence-electron chi connectivity index (χ0n) is 19.4. The summed E-state index contributed by atoms with van der Waals surface area (Å²) < 4.78 is 31.4. The van der Waals surface area contributed by atoms with Gasteiger partial charge in [-0.25, -0.2) is 9.18 Å². The highest BCUT2D eigenvalue weighted by molar-refractivity contribution is 5.86. The van der Waals surface area contributed by atoms with Gasteiger partial charge in [-0.2, -0.15) is 0 Å². The van der Waals surface area contributed by atoms with Crippen molar-refractivity contribution in [3.8, 4) is 5.75 Å². The van der Waals surface area contributed by atoms with E-state index in [1.807, 2.05) is 54.7 Å². The van der Waals surface area contributed by atoms with Gasteiger partial charge in [0.15, 0.2) is 5.82 Å². The Morgan fingerprint density at radius 3 is 2.66 bits per heavy atom. The molecule has 0 saturated heterocycles. The Morgan fingerprint density at radius 2 is 1.89 bits per heavy atom. The standard InChI is InChI=1S/C27H28FN3O4/c1-33-12-13-34-19-10-11-20-23(16-30-25(20)14-19)22(15-29)21-8-5-9-24(26(21)28)31-27(32)35-17-18-6-3-2-4-7-18/h2-11,14,16,22,30H,12-13,15,17,29H2,1H3,(H,31,32). The molecule has 35 heavy (non-hydrogen) atoms. The number of hydrogen-bond donors (Lipinski definition) is 3. The molecule has 4 rings (SSSR count). The average Bonchev–Trinajstić information content (AvgIpc) is 3.29. The fourth-order valence-corrected chi connectivity index (χ4v) is 3.95. The molecule has 4 N–H and O–H groups in total. The molecular weight excluding hydrogens is 449 g/mol. The fraction of sp³-hybridized carbons (Fsp3) is 0.222. The third-order valence-electron chi connectivity index (χ3n) is 5.71. The van der Waals surface area contributed by atoms with Gasteiger partial charge >= 0.3 is 6.09 Å². The summed E-state index contributed by atoms with van der Waals surface area (Å²) in [6.07, 6.45) is 1.09. The molecule has 0 radical (unpaired) electrons. The maximum Gasteiger partial charge on any atom is 0.412 e. The smallest absolute Gasteiger partial charge is 0.412 e. The number of aromatic nitrogens is 1. The van der Waals surface area contributed by atoms with Gasteiger partial charge in [0.25, 0.3) is 0 Å². The lowest BCUT2D eigenvalue weighted by Crippen LogP contribution is -2.18. The van der Waals surface area contributed by atoms with E-state index in [-0.39, 0.29) is 18.8 Å². The van der Waals surface area contributed by atoms with Crippen molar-refractivity contribution in [1.29, 1.82) is 0 Å². The normalized spacial score (nSPS) is 11.9. The molecule has 0 aliphatic heterocycles. The summed E-state index contributed by atoms with van der Waals surface area (Å²) in [5.41, 5.74) is 9.07. The number of ether oxygens (including phenoxy) is 3. The van der Waals surface area contributed by atoms with Gasteiger partial charge in [0.2, 0.25) is 0 Å². The summed E-state index contributed by atoms with van der Waals surface area (Å²) in [6, 6.07) is 19.8. The Bertz CT molecular complexity index is 1280. The maximum absolute atomic E-state index is 15.5. The van der Waals surface area contributed by atoms with E-state index in [4.69, 9.17) is 19.9 Å². The number of H-pyrrole nitrogens is 1. The molecular formula is C27H28FN3O4. The van der Waals surface area contributed by atoms with Gasteiger partial charge in [-0.1, -0.05) is 42.5 Å². The van der Waals surface area contributed by atoms with Crippen LogP contribution in [-0.2, 0) is 16.1 Å². The fourth-order valence-electron chi connectivity index (χ4n) is 3.95. The topological polar surface area (TPSA) is 98.6 Å². The van der Waals surface area contributed by atoms with E-state index in [0.717, 1.165) is 22.0 Å². The predicted octanol–water partition coefficient (Wildman–Crippen LogP) is 5.17. The highest BCUT2D eigenvalue weighted by Crippen LogP contribution is 2.34. The van der Waals surface area contributed by atoms with Crippen molar-refractivity contribution in [2.24, 2.45) is 5.73 Å². The average molecular weight is 478 g/mol. The zero-order valence-corrected chi connectivity index (χ0v) is 19.4. The zero-order chi connectivity index (χ0) is 24.6. The molecule has 0 aliphatic rings. The Balaban J connectivity index is 1.52. The van der Waals surface area contributed by atoms with Gasteiger partial charge in [-0.05, 0) is 34.9 Å². The lowest BCUT2D eigenvalue weighted by atomic mass is 9.90. The number of hydrogen-bond acceptors (Lipinski definition) is 5. The summed E-state index contributed by atoms with van der Waals surface area (Å²) >= 11 is 0. The minimum Gasteiger partial charge on any atom is -0.491 e. The molecule has 1 aromatic heterocycles. The van der Waals surface area contributed by atoms with E-state index in [2.05, 4.69) is 10.3 Å². The first-order valence-corrected chi connectivity index (χ1v) is 11.3. The molecule has 8 heteroatoms. The number of anilines is 1. The van der Waals surface area contributed by atoms with Crippen molar-refractivity contribution in [3.63, 3.8) is 0 Å². The van der Waals surface area contributed by atoms with Gasteiger partial charge in [0.05, 0.1) is 12.3 Å². The summed E-state index contributed by atoms with van der Waals surface area (Å²) in [5, 5.41) is 3.42. The number of carbonyl (C=O) groups excluding carboxylic acids is 1. The van der Waals surface area contributed by atoms with Crippen LogP contribution in [0.1, 0.15) is 22.6 Å². The van der Waals surface area contributed by atoms with Crippen LogP contribution in [0.25, 0.3) is 10.9 Å². The molecule has 1 unspecified atom stereocenters. The number of aromatic amines is 1. The maximum atomic E-state index is 15.5. The third kappa shape index (κ3) is 5.79. The van der Waals surface area contributed by atoms with E-state index < -0.39 is 17.8 Å². The second kappa shape index (κ2) is 11.5. The van der Waals surface area contributed by atoms with Crippen LogP contribution >= 0.6 is 0 Å². The summed E-state index contributed by atoms with van der Waals surface area (Å²) in [6.45, 7) is 1.20. The lowest BCUT2D eigenvalue weighted by molar-refractivity contribution is 0.146. The Morgan fingerprint density at radius 1 is 1.06 bits per heavy atom. The first-order chi connectivity index (χ1) is 17.1. The Hall–Kier alpha value is -3.88. The molecule has 0 aliphatic carbocycles. The van der Waals surface area contributed by atoms with Crippen LogP contribution in [0.15, 0.2) is 72.9 Å². The number of carbonyl (C=O) groups is 1. The van der Waals surface area contributed by atoms with Gasteiger partial charge < -0.3 is 24.9 Å². The number of halogens is 1. The third-order valence-corrected chi connectivity index (χ3v) is 5.71. The first kappa shape index (κ1) is 24.3. The van der Waals surface area contributed by atoms with Crippen LogP contribution in [0, 0.1) is 5.82 Å². The van der Waals surface area contributed by atoms with E-state index in [1.165, 1.54) is 6.07 Å². The highest BCUT2D eigenvalue weighted by atomic mass is 19.1. The Labute approximate surface area is 203 Å². The van der Waals surface area contributed by atoms with E-state index >= 15 is 4.39 Å². The number of nitrogens with one attached hydrogen (secondary N) is 2. The summed E-state index contributed by atoms with van der Waals surface area (Å²) in [5.74, 6) is -0.266. The van der Waals surface area contributed by atoms with Crippen LogP contribution in [0.4, 0.5) is 14.9 Å². The second-order valence-corrected chi connectivity index (χ2v) is 7.98. The predicted molar refractivity (Wildman–Crippen MR) is 133 cm³/mol. The van der Waals surface area contributed by atoms with E-state index in [1.54, 1.807) is 19.2 Å². The van der Waals surface area contributed by atoms with E-state index in [0.29, 0.717) is 24.5 Å². The number of nitrogens with two attached hydrogens (primary N) is 1. The highest BCUT2D eigenvalue weighted by Gasteiger charge is 2.22. The molecule has 7 nitrogen and oxygen atoms in total. The van der Waals surface area contributed by atoms with Crippen molar-refractivity contribution in [2.75, 3.05) is 32.2 Å². The molecule has 4 aromatic rings. The minimum absolute atomic E-state index is 0.0349. The van der Waals surface area contributed by atoms with Crippen LogP contribution in [0.2, 0.25) is 0 Å². The van der Waals surface area contributed by atoms with Crippen LogP contribution in [-0.4, -0.2) is 37.9 Å². The number of fused-ring (bicyclic) bond motifs is 1. The monoisotopic (exact) mass is 477 g/mol. The van der Waals surface area contributed by atoms with Crippen LogP contribution in [0.5, 0.6) is 5.75 Å². The van der Waals surface area contributed by atoms with E-state index in [9.17, 15) is 4.79 Å². The van der Waals surface area contributed by atoms with Crippen LogP contribution in [0.3, 0.4) is 0 Å². The van der Waals surface area contributed by atoms with Gasteiger partial charge in [-0.15, -0.1) is 0 Å². The van der Waals surface area contributed by atoms with Crippen molar-refractivity contribution >= 4 is 22.7 Å². The van der Waals surface area contributed by atoms with Crippen molar-refractivity contribution in [2.45, 2.75) is 12.5 Å². The Kier molecular flexibility index (Phi) is 7.97. The first-order valence-electron chi connectivity index (χ1n) is 11.3. The quantitative estimate of drug-likeness (QED) is 0.274. The molecule has 1 heterocycles. The molecule has 3 aromatic carbocycles. The number of methoxy groups -OCH3 is 1. The largest absolute Gasteiger partial charge is 0.491 e. The van der Waals surface area contributed by atoms with Crippen molar-refractivity contribution in [1.82, 2.24) is 4.98 Å². The van der Waals surface area contributed by atoms with Crippen molar-refractivity contribution in [3.05, 3.63) is 95.4 Å². The molecule has 182 valence electrons. The van der Waals surface area contributed by atoms with Gasteiger partial charge in [0, 0.05) is 42.7 Å². The van der Waals surface area contributed by atoms with Crippen molar-refractivity contribution < 1.29 is 23.4 Å². The van der Waals surface area contributed by atoms with Gasteiger partial charge in [-0.3, -0.25) is 5.32 Å². The number of amides is 1. The molecule has 0 saturated carbocycles. The molecule has 0 spiro atoms. The number of rotatable bonds is 10. The van der Waals surface area contributed by atoms with Gasteiger partial charge in [0.1, 0.15) is 19.0 Å². The van der Waals surface area contributed by atoms with Crippen LogP contribution < -0.4 is 15.8 Å². The lowest BCUT2D eigenvalue weighted by Gasteiger charge is -2.18. The molecule has 0 bridgehead atoms. The number of benzene rings is 3. The molecule has 1 amide bonds. The minimum atomic E-state index is -0.734. The summed E-state index contributed by atoms with van der Waals surface area (Å²) in [4.78, 5) is 15.5. The summed E-state index contributed by atoms with van der Waals surface area (Å²) in [7, 11) is 1.62. The SMILES string of the molecule is COCCOc1ccc2c(C(CN)c3cccc(NC(=O)OCc4ccccc4)c3F)c[nH]c2c1. The molecule has 1 atom stereocenters. The second-order valence-electron chi connectivity index (χ2n) is 7.98. The molecule has 0 fully saturated rings.